The molecule has 3 nitrogen and oxygen atoms in total. The van der Waals surface area contributed by atoms with Gasteiger partial charge < -0.3 is 9.80 Å². The predicted octanol–water partition coefficient (Wildman–Crippen LogP) is 5.07. The molecule has 0 unspecified atom stereocenters. The van der Waals surface area contributed by atoms with Gasteiger partial charge in [-0.2, -0.15) is 57.1 Å². The maximum atomic E-state index is 14.0. The van der Waals surface area contributed by atoms with E-state index in [1.807, 2.05) is 0 Å². The van der Waals surface area contributed by atoms with Gasteiger partial charge in [-0.1, -0.05) is 18.2 Å². The number of alkyl halides is 13. The summed E-state index contributed by atoms with van der Waals surface area (Å²) in [5.41, 5.74) is 0.502. The van der Waals surface area contributed by atoms with E-state index in [-0.39, 0.29) is 18.0 Å². The molecule has 1 aromatic carbocycles. The van der Waals surface area contributed by atoms with Gasteiger partial charge in [0.15, 0.2) is 0 Å². The molecule has 16 heteroatoms. The largest absolute Gasteiger partial charge is 0.460 e. The number of carbonyl (C=O) groups is 1. The van der Waals surface area contributed by atoms with E-state index < -0.39 is 54.8 Å². The Hall–Kier alpha value is -2.42. The van der Waals surface area contributed by atoms with Crippen LogP contribution in [0.5, 0.6) is 0 Å². The molecule has 1 aliphatic rings. The molecule has 0 spiro atoms. The number of anilines is 1. The monoisotopic (exact) mass is 508 g/mol. The number of piperazine rings is 1. The minimum atomic E-state index is -8.03. The van der Waals surface area contributed by atoms with Crippen molar-refractivity contribution in [3.63, 3.8) is 0 Å². The average Bonchev–Trinajstić information content (AvgIpc) is 2.72. The van der Waals surface area contributed by atoms with Gasteiger partial charge in [-0.3, -0.25) is 4.79 Å². The molecule has 1 amide bonds. The van der Waals surface area contributed by atoms with Crippen LogP contribution in [0.4, 0.5) is 62.8 Å². The van der Waals surface area contributed by atoms with Crippen LogP contribution in [0, 0.1) is 0 Å². The first-order valence-electron chi connectivity index (χ1n) is 8.78. The third-order valence-electron chi connectivity index (χ3n) is 4.89. The number of benzene rings is 1. The molecule has 0 atom stereocenters. The van der Waals surface area contributed by atoms with Crippen LogP contribution >= 0.6 is 0 Å². The summed E-state index contributed by atoms with van der Waals surface area (Å²) in [7, 11) is 0. The Morgan fingerprint density at radius 1 is 0.606 bits per heavy atom. The van der Waals surface area contributed by atoms with Crippen molar-refractivity contribution in [3.8, 4) is 0 Å². The van der Waals surface area contributed by atoms with Crippen LogP contribution in [0.2, 0.25) is 0 Å². The standard InChI is InChI=1S/C17H13F13N2O/c18-12(19,11(33)32-8-6-31(7-9-32)10-4-2-1-3-5-10)13(20,21)14(22,23)15(24,25)16(26,27)17(28,29)30/h1-5H,6-9H2. The lowest BCUT2D eigenvalue weighted by Crippen LogP contribution is -2.72. The van der Waals surface area contributed by atoms with Gasteiger partial charge in [0.25, 0.3) is 5.91 Å². The maximum Gasteiger partial charge on any atom is 0.460 e. The highest BCUT2D eigenvalue weighted by Crippen LogP contribution is 2.60. The second-order valence-corrected chi connectivity index (χ2v) is 6.98. The van der Waals surface area contributed by atoms with E-state index in [0.717, 1.165) is 0 Å². The lowest BCUT2D eigenvalue weighted by atomic mass is 9.93. The molecular weight excluding hydrogens is 495 g/mol. The van der Waals surface area contributed by atoms with Crippen molar-refractivity contribution >= 4 is 11.6 Å². The van der Waals surface area contributed by atoms with Gasteiger partial charge in [-0.25, -0.2) is 0 Å². The Morgan fingerprint density at radius 3 is 1.45 bits per heavy atom. The summed E-state index contributed by atoms with van der Waals surface area (Å²) in [6, 6.07) is 7.85. The molecule has 1 fully saturated rings. The van der Waals surface area contributed by atoms with Crippen LogP contribution in [0.1, 0.15) is 0 Å². The van der Waals surface area contributed by atoms with Gasteiger partial charge in [0.05, 0.1) is 0 Å². The number of para-hydroxylation sites is 1. The van der Waals surface area contributed by atoms with Crippen molar-refractivity contribution in [2.24, 2.45) is 0 Å². The molecule has 33 heavy (non-hydrogen) atoms. The van der Waals surface area contributed by atoms with Crippen LogP contribution in [0.3, 0.4) is 0 Å². The number of carbonyl (C=O) groups excluding carboxylic acids is 1. The fourth-order valence-electron chi connectivity index (χ4n) is 2.91. The van der Waals surface area contributed by atoms with E-state index >= 15 is 0 Å². The molecule has 1 heterocycles. The first-order valence-corrected chi connectivity index (χ1v) is 8.78. The number of halogens is 13. The van der Waals surface area contributed by atoms with Crippen molar-refractivity contribution in [2.75, 3.05) is 31.1 Å². The van der Waals surface area contributed by atoms with E-state index in [1.54, 1.807) is 30.3 Å². The fraction of sp³-hybridized carbons (Fsp3) is 0.588. The molecule has 2 rings (SSSR count). The van der Waals surface area contributed by atoms with Gasteiger partial charge in [0, 0.05) is 31.9 Å². The second kappa shape index (κ2) is 8.11. The minimum absolute atomic E-state index is 0.108. The van der Waals surface area contributed by atoms with E-state index in [4.69, 9.17) is 0 Å². The second-order valence-electron chi connectivity index (χ2n) is 6.98. The summed E-state index contributed by atoms with van der Waals surface area (Å²) in [5.74, 6) is -41.3. The van der Waals surface area contributed by atoms with Crippen LogP contribution in [0.25, 0.3) is 0 Å². The van der Waals surface area contributed by atoms with E-state index in [2.05, 4.69) is 0 Å². The number of amides is 1. The number of hydrogen-bond acceptors (Lipinski definition) is 2. The van der Waals surface area contributed by atoms with E-state index in [9.17, 15) is 61.9 Å². The topological polar surface area (TPSA) is 23.6 Å². The van der Waals surface area contributed by atoms with Crippen molar-refractivity contribution in [3.05, 3.63) is 30.3 Å². The van der Waals surface area contributed by atoms with Crippen molar-refractivity contribution in [2.45, 2.75) is 35.8 Å². The Kier molecular flexibility index (Phi) is 6.59. The normalized spacial score (nSPS) is 17.4. The van der Waals surface area contributed by atoms with Crippen molar-refractivity contribution < 1.29 is 61.9 Å². The Morgan fingerprint density at radius 2 is 1.03 bits per heavy atom. The smallest absolute Gasteiger partial charge is 0.368 e. The SMILES string of the molecule is O=C(N1CCN(c2ccccc2)CC1)C(F)(F)C(F)(F)C(F)(F)C(F)(F)C(F)(F)C(F)(F)F. The lowest BCUT2D eigenvalue weighted by Gasteiger charge is -2.41. The summed E-state index contributed by atoms with van der Waals surface area (Å²) < 4.78 is 171. The molecular formula is C17H13F13N2O. The van der Waals surface area contributed by atoms with Crippen molar-refractivity contribution in [1.29, 1.82) is 0 Å². The summed E-state index contributed by atoms with van der Waals surface area (Å²) >= 11 is 0. The zero-order valence-corrected chi connectivity index (χ0v) is 15.9. The van der Waals surface area contributed by atoms with Crippen LogP contribution in [-0.2, 0) is 4.79 Å². The summed E-state index contributed by atoms with van der Waals surface area (Å²) in [6.45, 7) is -2.17. The highest BCUT2D eigenvalue weighted by atomic mass is 19.4. The first kappa shape index (κ1) is 26.8. The van der Waals surface area contributed by atoms with E-state index in [1.165, 1.54) is 4.90 Å². The van der Waals surface area contributed by atoms with E-state index in [0.29, 0.717) is 5.69 Å². The van der Waals surface area contributed by atoms with Gasteiger partial charge in [-0.05, 0) is 12.1 Å². The molecule has 1 aliphatic heterocycles. The first-order chi connectivity index (χ1) is 14.7. The summed E-state index contributed by atoms with van der Waals surface area (Å²) in [5, 5.41) is 0. The number of nitrogens with zero attached hydrogens (tertiary/aromatic N) is 2. The van der Waals surface area contributed by atoms with Gasteiger partial charge in [-0.15, -0.1) is 0 Å². The highest BCUT2D eigenvalue weighted by Gasteiger charge is 2.91. The Balaban J connectivity index is 2.29. The quantitative estimate of drug-likeness (QED) is 0.501. The lowest BCUT2D eigenvalue weighted by molar-refractivity contribution is -0.436. The van der Waals surface area contributed by atoms with Crippen LogP contribution < -0.4 is 4.90 Å². The molecule has 1 saturated heterocycles. The highest BCUT2D eigenvalue weighted by molar-refractivity contribution is 5.85. The minimum Gasteiger partial charge on any atom is -0.368 e. The molecule has 0 aromatic heterocycles. The zero-order valence-electron chi connectivity index (χ0n) is 15.9. The predicted molar refractivity (Wildman–Crippen MR) is 86.0 cm³/mol. The summed E-state index contributed by atoms with van der Waals surface area (Å²) in [4.78, 5) is 13.2. The molecule has 0 aliphatic carbocycles. The fourth-order valence-corrected chi connectivity index (χ4v) is 2.91. The van der Waals surface area contributed by atoms with Gasteiger partial charge in [0.2, 0.25) is 0 Å². The number of hydrogen-bond donors (Lipinski definition) is 0. The Labute approximate surface area is 176 Å². The molecule has 0 saturated carbocycles. The maximum absolute atomic E-state index is 14.0. The third kappa shape index (κ3) is 4.05. The molecule has 188 valence electrons. The molecule has 0 radical (unpaired) electrons. The van der Waals surface area contributed by atoms with Crippen molar-refractivity contribution in [1.82, 2.24) is 4.90 Å². The summed E-state index contributed by atoms with van der Waals surface area (Å²) in [6.07, 6.45) is -7.50. The van der Waals surface area contributed by atoms with Crippen LogP contribution in [0.15, 0.2) is 30.3 Å². The molecule has 1 aromatic rings. The Bertz CT molecular complexity index is 846. The number of rotatable bonds is 6. The van der Waals surface area contributed by atoms with Gasteiger partial charge in [0.1, 0.15) is 0 Å². The molecule has 0 N–H and O–H groups in total. The van der Waals surface area contributed by atoms with Crippen LogP contribution in [-0.4, -0.2) is 72.8 Å². The zero-order chi connectivity index (χ0) is 25.7. The average molecular weight is 508 g/mol. The van der Waals surface area contributed by atoms with Gasteiger partial charge >= 0.3 is 35.8 Å². The third-order valence-corrected chi connectivity index (χ3v) is 4.89. The molecule has 0 bridgehead atoms.